The van der Waals surface area contributed by atoms with E-state index in [0.29, 0.717) is 48.3 Å². The van der Waals surface area contributed by atoms with Crippen molar-refractivity contribution in [2.24, 2.45) is 0 Å². The molecule has 2 aromatic rings. The number of likely N-dealkylation sites (tertiary alicyclic amines) is 1. The molecule has 0 unspecified atom stereocenters. The van der Waals surface area contributed by atoms with E-state index in [0.717, 1.165) is 31.7 Å². The van der Waals surface area contributed by atoms with Crippen LogP contribution >= 0.6 is 11.6 Å². The number of fused-ring (bicyclic) bond motifs is 1. The number of nitrogens with one attached hydrogen (secondary N) is 1. The number of carbonyl (C=O) groups is 1. The van der Waals surface area contributed by atoms with Crippen molar-refractivity contribution < 1.29 is 40.6 Å². The van der Waals surface area contributed by atoms with Crippen molar-refractivity contribution in [1.29, 1.82) is 0 Å². The Morgan fingerprint density at radius 2 is 1.47 bits per heavy atom. The van der Waals surface area contributed by atoms with E-state index in [1.165, 1.54) is 4.90 Å². The molecule has 0 spiro atoms. The largest absolute Gasteiger partial charge is 0.454 e. The third kappa shape index (κ3) is 5.74. The molecule has 2 aromatic carbocycles. The van der Waals surface area contributed by atoms with Gasteiger partial charge < -0.3 is 19.7 Å². The molecule has 14 heteroatoms. The van der Waals surface area contributed by atoms with Gasteiger partial charge >= 0.3 is 18.4 Å². The zero-order valence-corrected chi connectivity index (χ0v) is 20.6. The third-order valence-electron chi connectivity index (χ3n) is 6.85. The fraction of sp³-hybridized carbons (Fsp3) is 0.458. The van der Waals surface area contributed by atoms with E-state index in [1.807, 2.05) is 6.07 Å². The number of anilines is 1. The maximum atomic E-state index is 13.1. The first-order chi connectivity index (χ1) is 17.9. The highest BCUT2D eigenvalue weighted by Gasteiger charge is 2.39. The minimum Gasteiger partial charge on any atom is -0.454 e. The molecular formula is C24H23ClF6N4O3. The molecular weight excluding hydrogens is 542 g/mol. The number of urea groups is 1. The molecule has 0 bridgehead atoms. The van der Waals surface area contributed by atoms with Crippen LogP contribution in [0.15, 0.2) is 30.3 Å². The summed E-state index contributed by atoms with van der Waals surface area (Å²) in [5.74, 6) is 1.28. The second kappa shape index (κ2) is 10.0. The lowest BCUT2D eigenvalue weighted by molar-refractivity contribution is -0.143. The Morgan fingerprint density at radius 3 is 2.05 bits per heavy atom. The Kier molecular flexibility index (Phi) is 7.03. The van der Waals surface area contributed by atoms with Gasteiger partial charge in [0.2, 0.25) is 6.79 Å². The fourth-order valence-electron chi connectivity index (χ4n) is 4.69. The topological polar surface area (TPSA) is 57.3 Å². The number of halogens is 7. The Morgan fingerprint density at radius 1 is 0.895 bits per heavy atom. The monoisotopic (exact) mass is 564 g/mol. The van der Waals surface area contributed by atoms with Gasteiger partial charge in [0.1, 0.15) is 0 Å². The molecule has 2 fully saturated rings. The maximum Gasteiger partial charge on any atom is 0.416 e. The Balaban J connectivity index is 1.12. The van der Waals surface area contributed by atoms with Crippen molar-refractivity contribution in [3.63, 3.8) is 0 Å². The van der Waals surface area contributed by atoms with Crippen LogP contribution in [0.2, 0.25) is 5.02 Å². The molecule has 3 aliphatic rings. The van der Waals surface area contributed by atoms with E-state index in [-0.39, 0.29) is 18.9 Å². The minimum atomic E-state index is -4.99. The number of nitrogens with zero attached hydrogens (tertiary/aromatic N) is 3. The van der Waals surface area contributed by atoms with Crippen LogP contribution in [0, 0.1) is 0 Å². The van der Waals surface area contributed by atoms with Crippen molar-refractivity contribution in [1.82, 2.24) is 14.7 Å². The number of hydrogen-bond donors (Lipinski definition) is 1. The molecule has 5 rings (SSSR count). The lowest BCUT2D eigenvalue weighted by Gasteiger charge is -2.48. The van der Waals surface area contributed by atoms with Gasteiger partial charge in [-0.3, -0.25) is 9.80 Å². The molecule has 0 radical (unpaired) electrons. The van der Waals surface area contributed by atoms with Crippen LogP contribution in [0.3, 0.4) is 0 Å². The average Bonchev–Trinajstić information content (AvgIpc) is 3.25. The summed E-state index contributed by atoms with van der Waals surface area (Å²) >= 11 is 6.38. The normalized spacial score (nSPS) is 19.0. The third-order valence-corrected chi connectivity index (χ3v) is 7.20. The number of piperazine rings is 1. The number of alkyl halides is 6. The summed E-state index contributed by atoms with van der Waals surface area (Å²) in [7, 11) is 0. The van der Waals surface area contributed by atoms with Gasteiger partial charge in [0, 0.05) is 68.6 Å². The summed E-state index contributed by atoms with van der Waals surface area (Å²) in [5.41, 5.74) is -2.59. The molecule has 3 heterocycles. The number of carbonyl (C=O) groups excluding carboxylic acids is 1. The van der Waals surface area contributed by atoms with Crippen LogP contribution < -0.4 is 14.8 Å². The SMILES string of the molecule is O=C(Nc1cc(C(F)(F)F)cc(C(F)(F)F)c1)N1CC(N2CCN(Cc3cc4c(cc3Cl)OCO4)CC2)C1. The van der Waals surface area contributed by atoms with E-state index in [1.54, 1.807) is 6.07 Å². The first-order valence-electron chi connectivity index (χ1n) is 11.8. The number of hydrogen-bond acceptors (Lipinski definition) is 5. The molecule has 2 saturated heterocycles. The second-order valence-electron chi connectivity index (χ2n) is 9.39. The lowest BCUT2D eigenvalue weighted by atomic mass is 10.1. The van der Waals surface area contributed by atoms with E-state index < -0.39 is 35.2 Å². The van der Waals surface area contributed by atoms with Gasteiger partial charge in [0.15, 0.2) is 11.5 Å². The smallest absolute Gasteiger partial charge is 0.416 e. The Labute approximate surface area is 218 Å². The summed E-state index contributed by atoms with van der Waals surface area (Å²) in [4.78, 5) is 18.3. The zero-order valence-electron chi connectivity index (χ0n) is 19.8. The fourth-order valence-corrected chi connectivity index (χ4v) is 4.90. The lowest BCUT2D eigenvalue weighted by Crippen LogP contribution is -2.64. The van der Waals surface area contributed by atoms with Crippen LogP contribution in [0.5, 0.6) is 11.5 Å². The number of amides is 2. The molecule has 38 heavy (non-hydrogen) atoms. The van der Waals surface area contributed by atoms with E-state index >= 15 is 0 Å². The van der Waals surface area contributed by atoms with Crippen molar-refractivity contribution in [3.05, 3.63) is 52.0 Å². The summed E-state index contributed by atoms with van der Waals surface area (Å²) in [6, 6.07) is 3.95. The van der Waals surface area contributed by atoms with Gasteiger partial charge in [-0.2, -0.15) is 26.3 Å². The predicted molar refractivity (Wildman–Crippen MR) is 125 cm³/mol. The van der Waals surface area contributed by atoms with Gasteiger partial charge in [0.25, 0.3) is 0 Å². The van der Waals surface area contributed by atoms with E-state index in [9.17, 15) is 31.1 Å². The van der Waals surface area contributed by atoms with Gasteiger partial charge in [0.05, 0.1) is 11.1 Å². The minimum absolute atomic E-state index is 0.0233. The quantitative estimate of drug-likeness (QED) is 0.521. The summed E-state index contributed by atoms with van der Waals surface area (Å²) in [5, 5.41) is 2.78. The molecule has 0 aromatic heterocycles. The first-order valence-corrected chi connectivity index (χ1v) is 12.1. The molecule has 7 nitrogen and oxygen atoms in total. The molecule has 206 valence electrons. The van der Waals surface area contributed by atoms with Crippen LogP contribution in [-0.4, -0.2) is 72.8 Å². The molecule has 1 N–H and O–H groups in total. The maximum absolute atomic E-state index is 13.1. The highest BCUT2D eigenvalue weighted by Crippen LogP contribution is 2.39. The van der Waals surface area contributed by atoms with Crippen LogP contribution in [0.4, 0.5) is 36.8 Å². The van der Waals surface area contributed by atoms with Crippen molar-refractivity contribution >= 4 is 23.3 Å². The number of benzene rings is 2. The van der Waals surface area contributed by atoms with Crippen molar-refractivity contribution in [2.75, 3.05) is 51.4 Å². The van der Waals surface area contributed by atoms with Gasteiger partial charge in [-0.15, -0.1) is 0 Å². The highest BCUT2D eigenvalue weighted by atomic mass is 35.5. The van der Waals surface area contributed by atoms with Crippen LogP contribution in [0.1, 0.15) is 16.7 Å². The molecule has 0 atom stereocenters. The zero-order chi connectivity index (χ0) is 27.2. The number of ether oxygens (including phenoxy) is 2. The molecule has 0 aliphatic carbocycles. The van der Waals surface area contributed by atoms with Crippen LogP contribution in [0.25, 0.3) is 0 Å². The van der Waals surface area contributed by atoms with Crippen molar-refractivity contribution in [2.45, 2.75) is 24.9 Å². The van der Waals surface area contributed by atoms with Crippen molar-refractivity contribution in [3.8, 4) is 11.5 Å². The Hall–Kier alpha value is -2.90. The van der Waals surface area contributed by atoms with E-state index in [2.05, 4.69) is 15.1 Å². The summed E-state index contributed by atoms with van der Waals surface area (Å²) < 4.78 is 89.2. The number of rotatable bonds is 4. The van der Waals surface area contributed by atoms with Gasteiger partial charge in [-0.05, 0) is 29.8 Å². The average molecular weight is 565 g/mol. The van der Waals surface area contributed by atoms with Gasteiger partial charge in [-0.25, -0.2) is 4.79 Å². The summed E-state index contributed by atoms with van der Waals surface area (Å²) in [6.45, 7) is 4.46. The summed E-state index contributed by atoms with van der Waals surface area (Å²) in [6.07, 6.45) is -9.97. The van der Waals surface area contributed by atoms with Crippen LogP contribution in [-0.2, 0) is 18.9 Å². The van der Waals surface area contributed by atoms with Gasteiger partial charge in [-0.1, -0.05) is 11.6 Å². The standard InChI is InChI=1S/C24H23ClF6N4O3/c25-19-9-21-20(37-13-38-21)5-14(19)10-33-1-3-34(4-2-33)18-11-35(12-18)22(36)32-17-7-15(23(26,27)28)6-16(8-17)24(29,30)31/h5-9,18H,1-4,10-13H2,(H,32,36). The second-order valence-corrected chi connectivity index (χ2v) is 9.80. The molecule has 2 amide bonds. The molecule has 0 saturated carbocycles. The first kappa shape index (κ1) is 26.7. The molecule has 3 aliphatic heterocycles. The Bertz CT molecular complexity index is 1180. The predicted octanol–water partition coefficient (Wildman–Crippen LogP) is 5.14. The van der Waals surface area contributed by atoms with E-state index in [4.69, 9.17) is 21.1 Å². The highest BCUT2D eigenvalue weighted by molar-refractivity contribution is 6.31.